The first-order chi connectivity index (χ1) is 11.8. The number of halogens is 5. The summed E-state index contributed by atoms with van der Waals surface area (Å²) in [6.45, 7) is -0.444. The lowest BCUT2D eigenvalue weighted by Crippen LogP contribution is -2.34. The minimum absolute atomic E-state index is 0.0546. The van der Waals surface area contributed by atoms with Crippen LogP contribution in [-0.4, -0.2) is 43.2 Å². The van der Waals surface area contributed by atoms with E-state index in [-0.39, 0.29) is 19.6 Å². The van der Waals surface area contributed by atoms with Crippen LogP contribution in [-0.2, 0) is 9.47 Å². The van der Waals surface area contributed by atoms with Gasteiger partial charge in [0, 0.05) is 12.7 Å². The second-order valence-electron chi connectivity index (χ2n) is 5.25. The summed E-state index contributed by atoms with van der Waals surface area (Å²) in [4.78, 5) is 11.7. The van der Waals surface area contributed by atoms with Gasteiger partial charge < -0.3 is 14.6 Å². The van der Waals surface area contributed by atoms with Crippen molar-refractivity contribution in [3.63, 3.8) is 0 Å². The van der Waals surface area contributed by atoms with Crippen LogP contribution in [0.15, 0.2) is 18.2 Å². The van der Waals surface area contributed by atoms with Crippen molar-refractivity contribution in [2.75, 3.05) is 19.9 Å². The fourth-order valence-corrected chi connectivity index (χ4v) is 2.02. The van der Waals surface area contributed by atoms with E-state index in [1.165, 1.54) is 0 Å². The lowest BCUT2D eigenvalue weighted by atomic mass is 10.1. The highest BCUT2D eigenvalue weighted by atomic mass is 19.4. The van der Waals surface area contributed by atoms with Crippen LogP contribution in [0, 0.1) is 5.82 Å². The minimum Gasteiger partial charge on any atom is -0.508 e. The van der Waals surface area contributed by atoms with Gasteiger partial charge >= 0.3 is 12.1 Å². The van der Waals surface area contributed by atoms with E-state index in [1.807, 2.05) is 0 Å². The van der Waals surface area contributed by atoms with Crippen molar-refractivity contribution in [1.29, 1.82) is 0 Å². The number of hydrogen-bond acceptors (Lipinski definition) is 4. The van der Waals surface area contributed by atoms with Crippen LogP contribution in [0.5, 0.6) is 5.75 Å². The van der Waals surface area contributed by atoms with Crippen molar-refractivity contribution in [1.82, 2.24) is 0 Å². The highest BCUT2D eigenvalue weighted by Crippen LogP contribution is 2.28. The van der Waals surface area contributed by atoms with Gasteiger partial charge in [-0.3, -0.25) is 0 Å². The third kappa shape index (κ3) is 7.68. The summed E-state index contributed by atoms with van der Waals surface area (Å²) in [7, 11) is 0. The van der Waals surface area contributed by atoms with E-state index < -0.39 is 48.5 Å². The Balaban J connectivity index is 2.54. The Bertz CT molecular complexity index is 548. The third-order valence-corrected chi connectivity index (χ3v) is 3.26. The number of carbonyl (C=O) groups is 1. The predicted octanol–water partition coefficient (Wildman–Crippen LogP) is 4.17. The molecule has 0 aliphatic heterocycles. The number of unbranched alkanes of at least 4 members (excludes halogenated alkanes) is 2. The Morgan fingerprint density at radius 3 is 2.48 bits per heavy atom. The number of carbonyl (C=O) groups excluding carboxylic acids is 1. The van der Waals surface area contributed by atoms with Crippen LogP contribution in [0.2, 0.25) is 0 Å². The number of ether oxygens (including phenoxy) is 2. The van der Waals surface area contributed by atoms with Crippen molar-refractivity contribution < 1.29 is 41.3 Å². The van der Waals surface area contributed by atoms with Gasteiger partial charge in [0.1, 0.15) is 18.2 Å². The zero-order valence-electron chi connectivity index (χ0n) is 13.3. The fourth-order valence-electron chi connectivity index (χ4n) is 2.02. The molecule has 0 bridgehead atoms. The molecule has 25 heavy (non-hydrogen) atoms. The van der Waals surface area contributed by atoms with Crippen LogP contribution >= 0.6 is 0 Å². The molecule has 9 heteroatoms. The molecule has 0 fully saturated rings. The molecule has 1 aromatic carbocycles. The maximum absolute atomic E-state index is 13.5. The van der Waals surface area contributed by atoms with Crippen molar-refractivity contribution in [2.24, 2.45) is 0 Å². The van der Waals surface area contributed by atoms with Crippen LogP contribution in [0.1, 0.15) is 36.0 Å². The third-order valence-electron chi connectivity index (χ3n) is 3.26. The lowest BCUT2D eigenvalue weighted by molar-refractivity contribution is -0.206. The molecule has 1 N–H and O–H groups in total. The van der Waals surface area contributed by atoms with E-state index in [0.717, 1.165) is 12.1 Å². The van der Waals surface area contributed by atoms with Gasteiger partial charge in [-0.15, -0.1) is 0 Å². The zero-order chi connectivity index (χ0) is 18.9. The minimum atomic E-state index is -4.78. The monoisotopic (exact) mass is 370 g/mol. The molecule has 0 aliphatic carbocycles. The zero-order valence-corrected chi connectivity index (χ0v) is 13.3. The molecule has 1 aromatic rings. The standard InChI is InChI=1S/C16H19F5O4/c17-7-9-24-8-3-1-2-4-14(16(19,20)21)25-15(23)12-6-5-11(22)10-13(12)18/h5-6,10,14,22H,1-4,7-9H2/t14-/m1/s1. The van der Waals surface area contributed by atoms with Crippen LogP contribution in [0.25, 0.3) is 0 Å². The average Bonchev–Trinajstić information content (AvgIpc) is 2.51. The van der Waals surface area contributed by atoms with Crippen LogP contribution in [0.4, 0.5) is 22.0 Å². The van der Waals surface area contributed by atoms with Crippen molar-refractivity contribution in [3.8, 4) is 5.75 Å². The van der Waals surface area contributed by atoms with Gasteiger partial charge in [-0.2, -0.15) is 13.2 Å². The molecule has 1 rings (SSSR count). The van der Waals surface area contributed by atoms with Crippen LogP contribution in [0.3, 0.4) is 0 Å². The predicted molar refractivity (Wildman–Crippen MR) is 78.6 cm³/mol. The number of aromatic hydroxyl groups is 1. The molecule has 0 radical (unpaired) electrons. The quantitative estimate of drug-likeness (QED) is 0.382. The van der Waals surface area contributed by atoms with Crippen molar-refractivity contribution >= 4 is 5.97 Å². The average molecular weight is 370 g/mol. The van der Waals surface area contributed by atoms with E-state index in [9.17, 15) is 26.7 Å². The van der Waals surface area contributed by atoms with Crippen molar-refractivity contribution in [3.05, 3.63) is 29.6 Å². The maximum atomic E-state index is 13.5. The summed E-state index contributed by atoms with van der Waals surface area (Å²) in [5, 5.41) is 9.05. The van der Waals surface area contributed by atoms with Gasteiger partial charge in [-0.25, -0.2) is 13.6 Å². The second-order valence-corrected chi connectivity index (χ2v) is 5.25. The first kappa shape index (κ1) is 21.1. The van der Waals surface area contributed by atoms with E-state index in [1.54, 1.807) is 0 Å². The number of esters is 1. The number of benzene rings is 1. The number of hydrogen-bond donors (Lipinski definition) is 1. The molecule has 0 saturated carbocycles. The van der Waals surface area contributed by atoms with Gasteiger partial charge in [-0.1, -0.05) is 6.42 Å². The molecule has 0 unspecified atom stereocenters. The Morgan fingerprint density at radius 2 is 1.88 bits per heavy atom. The molecule has 0 spiro atoms. The number of phenolic OH excluding ortho intramolecular Hbond substituents is 1. The molecule has 142 valence electrons. The number of rotatable bonds is 10. The molecular formula is C16H19F5O4. The van der Waals surface area contributed by atoms with Crippen LogP contribution < -0.4 is 0 Å². The number of phenols is 1. The molecule has 0 heterocycles. The molecule has 4 nitrogen and oxygen atoms in total. The van der Waals surface area contributed by atoms with Gasteiger partial charge in [0.15, 0.2) is 6.10 Å². The van der Waals surface area contributed by atoms with Gasteiger partial charge in [0.2, 0.25) is 0 Å². The molecule has 0 aromatic heterocycles. The summed E-state index contributed by atoms with van der Waals surface area (Å²) in [5.41, 5.74) is -0.688. The lowest BCUT2D eigenvalue weighted by Gasteiger charge is -2.20. The van der Waals surface area contributed by atoms with E-state index >= 15 is 0 Å². The highest BCUT2D eigenvalue weighted by Gasteiger charge is 2.42. The first-order valence-electron chi connectivity index (χ1n) is 7.65. The summed E-state index contributed by atoms with van der Waals surface area (Å²) in [6.07, 6.45) is -6.69. The van der Waals surface area contributed by atoms with Gasteiger partial charge in [-0.05, 0) is 31.4 Å². The first-order valence-corrected chi connectivity index (χ1v) is 7.65. The highest BCUT2D eigenvalue weighted by molar-refractivity contribution is 5.90. The SMILES string of the molecule is O=C(O[C@H](CCCCCOCCF)C(F)(F)F)c1ccc(O)cc1F. The molecule has 0 saturated heterocycles. The summed E-state index contributed by atoms with van der Waals surface area (Å²) in [6, 6.07) is 2.43. The molecule has 0 amide bonds. The number of alkyl halides is 4. The summed E-state index contributed by atoms with van der Waals surface area (Å²) < 4.78 is 73.4. The summed E-state index contributed by atoms with van der Waals surface area (Å²) in [5.74, 6) is -3.08. The Labute approximate surface area is 141 Å². The van der Waals surface area contributed by atoms with E-state index in [0.29, 0.717) is 18.9 Å². The van der Waals surface area contributed by atoms with Gasteiger partial charge in [0.05, 0.1) is 12.2 Å². The van der Waals surface area contributed by atoms with E-state index in [2.05, 4.69) is 4.74 Å². The Morgan fingerprint density at radius 1 is 1.16 bits per heavy atom. The second kappa shape index (κ2) is 10.2. The summed E-state index contributed by atoms with van der Waals surface area (Å²) >= 11 is 0. The Kier molecular flexibility index (Phi) is 8.60. The maximum Gasteiger partial charge on any atom is 0.425 e. The molecule has 0 aliphatic rings. The van der Waals surface area contributed by atoms with E-state index in [4.69, 9.17) is 9.84 Å². The fraction of sp³-hybridized carbons (Fsp3) is 0.562. The normalized spacial score (nSPS) is 12.8. The largest absolute Gasteiger partial charge is 0.508 e. The topological polar surface area (TPSA) is 55.8 Å². The Hall–Kier alpha value is -1.90. The molecular weight excluding hydrogens is 351 g/mol. The smallest absolute Gasteiger partial charge is 0.425 e. The molecule has 1 atom stereocenters. The van der Waals surface area contributed by atoms with Crippen molar-refractivity contribution in [2.45, 2.75) is 38.0 Å². The van der Waals surface area contributed by atoms with Gasteiger partial charge in [0.25, 0.3) is 0 Å².